The van der Waals surface area contributed by atoms with Gasteiger partial charge in [0.25, 0.3) is 0 Å². The van der Waals surface area contributed by atoms with Crippen molar-refractivity contribution >= 4 is 11.8 Å². The molecule has 0 atom stereocenters. The first-order valence-corrected chi connectivity index (χ1v) is 6.69. The standard InChI is InChI=1S/C17H16O4/c18-14(12-17(19)20)9-6-13-7-10-16(11-8-13)21-15-4-2-1-3-5-15/h1-5,7-8,10-11H,6,9,12H2,(H,19,20). The number of benzene rings is 2. The maximum Gasteiger partial charge on any atom is 0.310 e. The molecule has 1 N–H and O–H groups in total. The van der Waals surface area contributed by atoms with Gasteiger partial charge >= 0.3 is 5.97 Å². The molecule has 2 aromatic rings. The molecule has 2 aromatic carbocycles. The Labute approximate surface area is 123 Å². The normalized spacial score (nSPS) is 10.1. The third-order valence-corrected chi connectivity index (χ3v) is 2.94. The summed E-state index contributed by atoms with van der Waals surface area (Å²) in [6, 6.07) is 16.9. The second-order valence-electron chi connectivity index (χ2n) is 4.67. The molecule has 0 unspecified atom stereocenters. The maximum absolute atomic E-state index is 11.3. The molecule has 0 aromatic heterocycles. The molecule has 21 heavy (non-hydrogen) atoms. The molecule has 2 rings (SSSR count). The first-order chi connectivity index (χ1) is 10.1. The SMILES string of the molecule is O=C(O)CC(=O)CCc1ccc(Oc2ccccc2)cc1. The van der Waals surface area contributed by atoms with Gasteiger partial charge in [-0.25, -0.2) is 0 Å². The van der Waals surface area contributed by atoms with Gasteiger partial charge in [-0.15, -0.1) is 0 Å². The minimum atomic E-state index is -1.08. The van der Waals surface area contributed by atoms with Gasteiger partial charge in [-0.2, -0.15) is 0 Å². The van der Waals surface area contributed by atoms with Gasteiger partial charge in [0.2, 0.25) is 0 Å². The fourth-order valence-corrected chi connectivity index (χ4v) is 1.89. The molecule has 0 aliphatic heterocycles. The molecule has 108 valence electrons. The number of carbonyl (C=O) groups excluding carboxylic acids is 1. The Morgan fingerprint density at radius 1 is 0.905 bits per heavy atom. The van der Waals surface area contributed by atoms with E-state index in [4.69, 9.17) is 9.84 Å². The number of aliphatic carboxylic acids is 1. The lowest BCUT2D eigenvalue weighted by Crippen LogP contribution is -2.07. The Morgan fingerprint density at radius 2 is 1.52 bits per heavy atom. The number of rotatable bonds is 7. The monoisotopic (exact) mass is 284 g/mol. The first kappa shape index (κ1) is 14.8. The lowest BCUT2D eigenvalue weighted by Gasteiger charge is -2.06. The van der Waals surface area contributed by atoms with E-state index in [9.17, 15) is 9.59 Å². The molecule has 0 bridgehead atoms. The van der Waals surface area contributed by atoms with Crippen molar-refractivity contribution in [3.05, 3.63) is 60.2 Å². The second kappa shape index (κ2) is 7.24. The van der Waals surface area contributed by atoms with Crippen LogP contribution in [0.5, 0.6) is 11.5 Å². The first-order valence-electron chi connectivity index (χ1n) is 6.69. The number of hydrogen-bond acceptors (Lipinski definition) is 3. The summed E-state index contributed by atoms with van der Waals surface area (Å²) in [5.41, 5.74) is 0.981. The van der Waals surface area contributed by atoms with E-state index in [0.29, 0.717) is 6.42 Å². The van der Waals surface area contributed by atoms with E-state index in [0.717, 1.165) is 17.1 Å². The number of ether oxygens (including phenoxy) is 1. The van der Waals surface area contributed by atoms with Crippen molar-refractivity contribution < 1.29 is 19.4 Å². The smallest absolute Gasteiger partial charge is 0.310 e. The van der Waals surface area contributed by atoms with Crippen LogP contribution in [0.3, 0.4) is 0 Å². The second-order valence-corrected chi connectivity index (χ2v) is 4.67. The summed E-state index contributed by atoms with van der Waals surface area (Å²) in [7, 11) is 0. The summed E-state index contributed by atoms with van der Waals surface area (Å²) in [4.78, 5) is 21.7. The largest absolute Gasteiger partial charge is 0.481 e. The molecule has 0 fully saturated rings. The van der Waals surface area contributed by atoms with Crippen molar-refractivity contribution in [2.24, 2.45) is 0 Å². The Balaban J connectivity index is 1.87. The fourth-order valence-electron chi connectivity index (χ4n) is 1.89. The minimum absolute atomic E-state index is 0.241. The van der Waals surface area contributed by atoms with Crippen LogP contribution in [0, 0.1) is 0 Å². The average Bonchev–Trinajstić information content (AvgIpc) is 2.47. The summed E-state index contributed by atoms with van der Waals surface area (Å²) < 4.78 is 5.67. The van der Waals surface area contributed by atoms with E-state index in [-0.39, 0.29) is 12.2 Å². The van der Waals surface area contributed by atoms with E-state index in [1.165, 1.54) is 0 Å². The van der Waals surface area contributed by atoms with Crippen LogP contribution in [0.1, 0.15) is 18.4 Å². The molecule has 0 spiro atoms. The summed E-state index contributed by atoms with van der Waals surface area (Å²) in [6.45, 7) is 0. The van der Waals surface area contributed by atoms with E-state index in [1.807, 2.05) is 54.6 Å². The lowest BCUT2D eigenvalue weighted by atomic mass is 10.1. The van der Waals surface area contributed by atoms with Crippen LogP contribution in [-0.2, 0) is 16.0 Å². The van der Waals surface area contributed by atoms with Gasteiger partial charge in [0, 0.05) is 6.42 Å². The van der Waals surface area contributed by atoms with E-state index in [2.05, 4.69) is 0 Å². The lowest BCUT2D eigenvalue weighted by molar-refractivity contribution is -0.140. The molecular formula is C17H16O4. The number of carboxylic acids is 1. The Morgan fingerprint density at radius 3 is 2.14 bits per heavy atom. The zero-order chi connectivity index (χ0) is 15.1. The van der Waals surface area contributed by atoms with E-state index < -0.39 is 12.4 Å². The number of carboxylic acid groups (broad SMARTS) is 1. The summed E-state index contributed by atoms with van der Waals surface area (Å²) in [5.74, 6) is 0.155. The van der Waals surface area contributed by atoms with Crippen LogP contribution in [0.2, 0.25) is 0 Å². The van der Waals surface area contributed by atoms with Crippen molar-refractivity contribution in [2.45, 2.75) is 19.3 Å². The van der Waals surface area contributed by atoms with Crippen molar-refractivity contribution in [3.8, 4) is 11.5 Å². The van der Waals surface area contributed by atoms with Gasteiger partial charge < -0.3 is 9.84 Å². The highest BCUT2D eigenvalue weighted by atomic mass is 16.5. The summed E-state index contributed by atoms with van der Waals surface area (Å²) in [5, 5.41) is 8.52. The third kappa shape index (κ3) is 5.10. The average molecular weight is 284 g/mol. The van der Waals surface area contributed by atoms with Gasteiger partial charge in [0.15, 0.2) is 0 Å². The Bertz CT molecular complexity index is 602. The van der Waals surface area contributed by atoms with Crippen LogP contribution in [0.4, 0.5) is 0 Å². The van der Waals surface area contributed by atoms with Gasteiger partial charge in [-0.05, 0) is 36.2 Å². The molecule has 4 nitrogen and oxygen atoms in total. The molecule has 0 radical (unpaired) electrons. The van der Waals surface area contributed by atoms with Crippen molar-refractivity contribution in [3.63, 3.8) is 0 Å². The Hall–Kier alpha value is -2.62. The molecule has 0 saturated carbocycles. The number of aryl methyl sites for hydroxylation is 1. The molecule has 0 aliphatic carbocycles. The number of hydrogen-bond donors (Lipinski definition) is 1. The summed E-state index contributed by atoms with van der Waals surface area (Å²) >= 11 is 0. The number of Topliss-reactive ketones (excluding diaryl/α,β-unsaturated/α-hetero) is 1. The minimum Gasteiger partial charge on any atom is -0.481 e. The molecule has 4 heteroatoms. The summed E-state index contributed by atoms with van der Waals surface area (Å²) in [6.07, 6.45) is 0.373. The predicted molar refractivity (Wildman–Crippen MR) is 78.5 cm³/mol. The van der Waals surface area contributed by atoms with Crippen LogP contribution >= 0.6 is 0 Å². The fraction of sp³-hybridized carbons (Fsp3) is 0.176. The highest BCUT2D eigenvalue weighted by molar-refractivity contribution is 5.94. The number of carbonyl (C=O) groups is 2. The molecule has 0 heterocycles. The predicted octanol–water partition coefficient (Wildman–Crippen LogP) is 3.46. The Kier molecular flexibility index (Phi) is 5.10. The molecule has 0 amide bonds. The van der Waals surface area contributed by atoms with Gasteiger partial charge in [0.1, 0.15) is 23.7 Å². The topological polar surface area (TPSA) is 63.6 Å². The molecular weight excluding hydrogens is 268 g/mol. The zero-order valence-electron chi connectivity index (χ0n) is 11.5. The van der Waals surface area contributed by atoms with Crippen LogP contribution < -0.4 is 4.74 Å². The highest BCUT2D eigenvalue weighted by Crippen LogP contribution is 2.21. The van der Waals surface area contributed by atoms with Crippen LogP contribution in [-0.4, -0.2) is 16.9 Å². The van der Waals surface area contributed by atoms with Gasteiger partial charge in [-0.1, -0.05) is 30.3 Å². The van der Waals surface area contributed by atoms with Gasteiger partial charge in [0.05, 0.1) is 0 Å². The highest BCUT2D eigenvalue weighted by Gasteiger charge is 2.07. The quantitative estimate of drug-likeness (QED) is 0.791. The van der Waals surface area contributed by atoms with Gasteiger partial charge in [-0.3, -0.25) is 9.59 Å². The number of ketones is 1. The molecule has 0 saturated heterocycles. The van der Waals surface area contributed by atoms with Crippen LogP contribution in [0.25, 0.3) is 0 Å². The van der Waals surface area contributed by atoms with Crippen molar-refractivity contribution in [1.82, 2.24) is 0 Å². The van der Waals surface area contributed by atoms with Crippen molar-refractivity contribution in [2.75, 3.05) is 0 Å². The van der Waals surface area contributed by atoms with E-state index in [1.54, 1.807) is 0 Å². The van der Waals surface area contributed by atoms with E-state index >= 15 is 0 Å². The maximum atomic E-state index is 11.3. The van der Waals surface area contributed by atoms with Crippen LogP contribution in [0.15, 0.2) is 54.6 Å². The third-order valence-electron chi connectivity index (χ3n) is 2.94. The number of para-hydroxylation sites is 1. The van der Waals surface area contributed by atoms with Crippen molar-refractivity contribution in [1.29, 1.82) is 0 Å². The zero-order valence-corrected chi connectivity index (χ0v) is 11.5. The molecule has 0 aliphatic rings.